The summed E-state index contributed by atoms with van der Waals surface area (Å²) in [6.07, 6.45) is 0.315. The Morgan fingerprint density at radius 3 is 2.00 bits per heavy atom. The third-order valence-electron chi connectivity index (χ3n) is 4.12. The molecule has 17 heavy (non-hydrogen) atoms. The maximum atomic E-state index is 12.3. The van der Waals surface area contributed by atoms with E-state index >= 15 is 0 Å². The number of imide groups is 1. The molecule has 94 valence electrons. The van der Waals surface area contributed by atoms with E-state index in [2.05, 4.69) is 0 Å². The summed E-state index contributed by atoms with van der Waals surface area (Å²) < 4.78 is 0. The molecule has 3 nitrogen and oxygen atoms in total. The molecule has 0 saturated carbocycles. The molecule has 0 bridgehead atoms. The van der Waals surface area contributed by atoms with Gasteiger partial charge in [-0.2, -0.15) is 0 Å². The zero-order chi connectivity index (χ0) is 13.6. The lowest BCUT2D eigenvalue weighted by Gasteiger charge is -2.45. The molecule has 1 atom stereocenters. The fourth-order valence-electron chi connectivity index (χ4n) is 2.05. The lowest BCUT2D eigenvalue weighted by atomic mass is 9.59. The maximum Gasteiger partial charge on any atom is 0.233 e. The van der Waals surface area contributed by atoms with E-state index in [0.717, 1.165) is 0 Å². The lowest BCUT2D eigenvalue weighted by Crippen LogP contribution is -2.54. The van der Waals surface area contributed by atoms with E-state index in [9.17, 15) is 9.59 Å². The van der Waals surface area contributed by atoms with Crippen LogP contribution in [0.15, 0.2) is 0 Å². The molecule has 0 aromatic carbocycles. The zero-order valence-electron chi connectivity index (χ0n) is 11.7. The Balaban J connectivity index is 3.08. The molecular formula is C13H22BNO2. The van der Waals surface area contributed by atoms with Crippen molar-refractivity contribution in [1.29, 1.82) is 0 Å². The van der Waals surface area contributed by atoms with Gasteiger partial charge in [0.05, 0.1) is 7.85 Å². The number of rotatable bonds is 3. The zero-order valence-corrected chi connectivity index (χ0v) is 11.7. The lowest BCUT2D eigenvalue weighted by molar-refractivity contribution is -0.147. The van der Waals surface area contributed by atoms with Gasteiger partial charge in [0.2, 0.25) is 11.8 Å². The van der Waals surface area contributed by atoms with Crippen LogP contribution in [0.1, 0.15) is 48.0 Å². The standard InChI is InChI=1S/C13H22BNO2/c1-8(2)9-7-10(16)15(11(9)17)13(5,6)12(3,4)14/h8-9H,7H2,1-6H3. The molecule has 2 amide bonds. The van der Waals surface area contributed by atoms with Gasteiger partial charge in [0.25, 0.3) is 0 Å². The number of hydrogen-bond donors (Lipinski definition) is 0. The average Bonchev–Trinajstić information content (AvgIpc) is 2.39. The van der Waals surface area contributed by atoms with Gasteiger partial charge in [-0.15, -0.1) is 0 Å². The summed E-state index contributed by atoms with van der Waals surface area (Å²) in [5, 5.41) is -0.621. The van der Waals surface area contributed by atoms with Gasteiger partial charge in [-0.3, -0.25) is 14.5 Å². The van der Waals surface area contributed by atoms with Crippen LogP contribution in [0, 0.1) is 11.8 Å². The van der Waals surface area contributed by atoms with Gasteiger partial charge < -0.3 is 0 Å². The highest BCUT2D eigenvalue weighted by molar-refractivity contribution is 6.16. The normalized spacial score (nSPS) is 22.8. The van der Waals surface area contributed by atoms with Crippen LogP contribution in [0.2, 0.25) is 5.31 Å². The molecule has 2 radical (unpaired) electrons. The van der Waals surface area contributed by atoms with E-state index in [1.54, 1.807) is 0 Å². The molecule has 1 unspecified atom stereocenters. The summed E-state index contributed by atoms with van der Waals surface area (Å²) in [5.74, 6) is -0.178. The number of hydrogen-bond acceptors (Lipinski definition) is 2. The van der Waals surface area contributed by atoms with Crippen LogP contribution in [-0.2, 0) is 9.59 Å². The van der Waals surface area contributed by atoms with Crippen molar-refractivity contribution in [3.05, 3.63) is 0 Å². The number of amides is 2. The molecule has 0 aromatic rings. The topological polar surface area (TPSA) is 37.4 Å². The van der Waals surface area contributed by atoms with Crippen molar-refractivity contribution >= 4 is 19.7 Å². The largest absolute Gasteiger partial charge is 0.277 e. The van der Waals surface area contributed by atoms with Crippen molar-refractivity contribution in [2.24, 2.45) is 11.8 Å². The molecule has 0 aromatic heterocycles. The van der Waals surface area contributed by atoms with E-state index in [0.29, 0.717) is 6.42 Å². The number of carbonyl (C=O) groups excluding carboxylic acids is 2. The minimum atomic E-state index is -0.662. The molecule has 0 spiro atoms. The molecule has 1 saturated heterocycles. The maximum absolute atomic E-state index is 12.3. The Morgan fingerprint density at radius 1 is 1.24 bits per heavy atom. The van der Waals surface area contributed by atoms with Crippen molar-refractivity contribution in [3.63, 3.8) is 0 Å². The van der Waals surface area contributed by atoms with Gasteiger partial charge >= 0.3 is 0 Å². The first-order valence-corrected chi connectivity index (χ1v) is 6.16. The number of likely N-dealkylation sites (tertiary alicyclic amines) is 1. The summed E-state index contributed by atoms with van der Waals surface area (Å²) in [7, 11) is 6.09. The highest BCUT2D eigenvalue weighted by Gasteiger charge is 2.50. The fourth-order valence-corrected chi connectivity index (χ4v) is 2.05. The minimum Gasteiger partial charge on any atom is -0.277 e. The summed E-state index contributed by atoms with van der Waals surface area (Å²) >= 11 is 0. The number of carbonyl (C=O) groups is 2. The monoisotopic (exact) mass is 235 g/mol. The second-order valence-electron chi connectivity index (χ2n) is 6.40. The fraction of sp³-hybridized carbons (Fsp3) is 0.846. The first kappa shape index (κ1) is 14.3. The van der Waals surface area contributed by atoms with Crippen molar-refractivity contribution < 1.29 is 9.59 Å². The van der Waals surface area contributed by atoms with E-state index in [1.807, 2.05) is 41.5 Å². The molecule has 0 N–H and O–H groups in total. The Labute approximate surface area is 105 Å². The summed E-state index contributed by atoms with van der Waals surface area (Å²) in [6.45, 7) is 11.3. The van der Waals surface area contributed by atoms with Crippen LogP contribution in [0.4, 0.5) is 0 Å². The molecule has 1 fully saturated rings. The second kappa shape index (κ2) is 4.15. The van der Waals surface area contributed by atoms with E-state index in [-0.39, 0.29) is 23.7 Å². The van der Waals surface area contributed by atoms with Crippen LogP contribution < -0.4 is 0 Å². The quantitative estimate of drug-likeness (QED) is 0.555. The van der Waals surface area contributed by atoms with Crippen molar-refractivity contribution in [1.82, 2.24) is 4.90 Å². The Morgan fingerprint density at radius 2 is 1.71 bits per heavy atom. The molecule has 4 heteroatoms. The molecule has 0 aliphatic carbocycles. The summed E-state index contributed by atoms with van der Waals surface area (Å²) in [4.78, 5) is 25.7. The van der Waals surface area contributed by atoms with Gasteiger partial charge in [0.1, 0.15) is 0 Å². The van der Waals surface area contributed by atoms with E-state index < -0.39 is 10.9 Å². The Bertz CT molecular complexity index is 342. The van der Waals surface area contributed by atoms with Gasteiger partial charge in [-0.1, -0.05) is 27.7 Å². The van der Waals surface area contributed by atoms with Crippen LogP contribution in [0.25, 0.3) is 0 Å². The predicted octanol–water partition coefficient (Wildman–Crippen LogP) is 2.16. The van der Waals surface area contributed by atoms with Gasteiger partial charge in [-0.25, -0.2) is 0 Å². The van der Waals surface area contributed by atoms with E-state index in [1.165, 1.54) is 4.90 Å². The Hall–Kier alpha value is -0.795. The van der Waals surface area contributed by atoms with Crippen LogP contribution in [0.3, 0.4) is 0 Å². The van der Waals surface area contributed by atoms with Crippen molar-refractivity contribution in [2.45, 2.75) is 58.8 Å². The summed E-state index contributed by atoms with van der Waals surface area (Å²) in [6, 6.07) is 0. The minimum absolute atomic E-state index is 0.0754. The highest BCUT2D eigenvalue weighted by Crippen LogP contribution is 2.43. The van der Waals surface area contributed by atoms with Crippen molar-refractivity contribution in [3.8, 4) is 0 Å². The van der Waals surface area contributed by atoms with Crippen molar-refractivity contribution in [2.75, 3.05) is 0 Å². The van der Waals surface area contributed by atoms with Crippen LogP contribution in [0.5, 0.6) is 0 Å². The third kappa shape index (κ3) is 2.27. The first-order valence-electron chi connectivity index (χ1n) is 6.16. The second-order valence-corrected chi connectivity index (χ2v) is 6.40. The SMILES string of the molecule is [B]C(C)(C)C(C)(C)N1C(=O)CC(C(C)C)C1=O. The molecular weight excluding hydrogens is 213 g/mol. The summed E-state index contributed by atoms with van der Waals surface area (Å²) in [5.41, 5.74) is -0.662. The van der Waals surface area contributed by atoms with E-state index in [4.69, 9.17) is 7.85 Å². The van der Waals surface area contributed by atoms with Crippen LogP contribution in [-0.4, -0.2) is 30.1 Å². The highest BCUT2D eigenvalue weighted by atomic mass is 16.2. The third-order valence-corrected chi connectivity index (χ3v) is 4.12. The average molecular weight is 235 g/mol. The molecule has 1 aliphatic heterocycles. The smallest absolute Gasteiger partial charge is 0.233 e. The molecule has 1 heterocycles. The molecule has 1 rings (SSSR count). The predicted molar refractivity (Wildman–Crippen MR) is 68.7 cm³/mol. The first-order chi connectivity index (χ1) is 7.50. The van der Waals surface area contributed by atoms with Crippen LogP contribution >= 0.6 is 0 Å². The van der Waals surface area contributed by atoms with Gasteiger partial charge in [0.15, 0.2) is 0 Å². The number of nitrogens with zero attached hydrogens (tertiary/aromatic N) is 1. The van der Waals surface area contributed by atoms with Gasteiger partial charge in [0, 0.05) is 17.9 Å². The van der Waals surface area contributed by atoms with Gasteiger partial charge in [-0.05, 0) is 25.1 Å². The molecule has 1 aliphatic rings. The Kier molecular flexibility index (Phi) is 3.48.